The number of carbonyl (C=O) groups is 1. The summed E-state index contributed by atoms with van der Waals surface area (Å²) in [6.07, 6.45) is 1.60. The number of fused-ring (bicyclic) bond motifs is 1. The molecule has 1 aromatic heterocycles. The number of hydrogen-bond donors (Lipinski definition) is 1. The fourth-order valence-electron chi connectivity index (χ4n) is 1.77. The number of furan rings is 1. The first-order chi connectivity index (χ1) is 8.15. The lowest BCUT2D eigenvalue weighted by molar-refractivity contribution is -0.121. The molecule has 0 aliphatic heterocycles. The summed E-state index contributed by atoms with van der Waals surface area (Å²) in [6, 6.07) is 7.64. The molecule has 0 saturated heterocycles. The average molecular weight is 232 g/mol. The predicted octanol–water partition coefficient (Wildman–Crippen LogP) is 1.99. The molecule has 0 bridgehead atoms. The highest BCUT2D eigenvalue weighted by Gasteiger charge is 2.20. The minimum Gasteiger partial charge on any atom is -0.462 e. The van der Waals surface area contributed by atoms with E-state index in [0.717, 1.165) is 16.7 Å². The second kappa shape index (κ2) is 4.59. The second-order valence-corrected chi connectivity index (χ2v) is 4.15. The Kier molecular flexibility index (Phi) is 3.15. The fourth-order valence-corrected chi connectivity index (χ4v) is 1.77. The van der Waals surface area contributed by atoms with Gasteiger partial charge in [-0.15, -0.1) is 0 Å². The van der Waals surface area contributed by atoms with Gasteiger partial charge in [-0.1, -0.05) is 19.1 Å². The van der Waals surface area contributed by atoms with E-state index in [1.54, 1.807) is 18.2 Å². The Bertz CT molecular complexity index is 533. The molecule has 4 nitrogen and oxygen atoms in total. The molecule has 0 saturated carbocycles. The molecule has 1 atom stereocenters. The molecule has 0 fully saturated rings. The number of hydrogen-bond acceptors (Lipinski definition) is 3. The highest BCUT2D eigenvalue weighted by atomic mass is 16.3. The molecule has 0 aliphatic rings. The molecule has 2 rings (SSSR count). The second-order valence-electron chi connectivity index (χ2n) is 4.15. The van der Waals surface area contributed by atoms with Crippen LogP contribution >= 0.6 is 0 Å². The van der Waals surface area contributed by atoms with Crippen LogP contribution in [0.3, 0.4) is 0 Å². The monoisotopic (exact) mass is 232 g/mol. The number of rotatable bonds is 3. The summed E-state index contributed by atoms with van der Waals surface area (Å²) in [5, 5.41) is 0.938. The largest absolute Gasteiger partial charge is 0.462 e. The van der Waals surface area contributed by atoms with E-state index in [-0.39, 0.29) is 11.8 Å². The Balaban J connectivity index is 2.37. The standard InChI is InChI=1S/C13H16N2O2/c1-9(7-14)13(16)15(2)11-8-17-12-6-4-3-5-10(11)12/h3-6,8-9H,7,14H2,1-2H3. The zero-order valence-corrected chi connectivity index (χ0v) is 10.0. The lowest BCUT2D eigenvalue weighted by Crippen LogP contribution is -2.34. The van der Waals surface area contributed by atoms with Crippen molar-refractivity contribution < 1.29 is 9.21 Å². The number of amides is 1. The number of benzene rings is 1. The molecule has 0 aliphatic carbocycles. The Hall–Kier alpha value is -1.81. The van der Waals surface area contributed by atoms with E-state index in [1.165, 1.54) is 0 Å². The van der Waals surface area contributed by atoms with Crippen LogP contribution in [0.4, 0.5) is 5.69 Å². The lowest BCUT2D eigenvalue weighted by Gasteiger charge is -2.19. The zero-order valence-electron chi connectivity index (χ0n) is 10.0. The summed E-state index contributed by atoms with van der Waals surface area (Å²) < 4.78 is 5.41. The molecular weight excluding hydrogens is 216 g/mol. The van der Waals surface area contributed by atoms with Gasteiger partial charge < -0.3 is 15.1 Å². The maximum atomic E-state index is 12.0. The predicted molar refractivity (Wildman–Crippen MR) is 67.8 cm³/mol. The molecule has 4 heteroatoms. The number of nitrogens with two attached hydrogens (primary N) is 1. The van der Waals surface area contributed by atoms with Crippen LogP contribution in [0.1, 0.15) is 6.92 Å². The first kappa shape index (κ1) is 11.7. The molecule has 17 heavy (non-hydrogen) atoms. The van der Waals surface area contributed by atoms with Crippen LogP contribution in [0.25, 0.3) is 11.0 Å². The average Bonchev–Trinajstić information content (AvgIpc) is 2.79. The van der Waals surface area contributed by atoms with Gasteiger partial charge in [0, 0.05) is 24.9 Å². The van der Waals surface area contributed by atoms with Crippen LogP contribution in [-0.4, -0.2) is 19.5 Å². The summed E-state index contributed by atoms with van der Waals surface area (Å²) in [4.78, 5) is 13.6. The molecule has 2 aromatic rings. The van der Waals surface area contributed by atoms with Crippen molar-refractivity contribution in [1.82, 2.24) is 0 Å². The van der Waals surface area contributed by atoms with E-state index in [9.17, 15) is 4.79 Å². The maximum absolute atomic E-state index is 12.0. The van der Waals surface area contributed by atoms with Crippen LogP contribution in [0, 0.1) is 5.92 Å². The normalized spacial score (nSPS) is 12.6. The van der Waals surface area contributed by atoms with Gasteiger partial charge in [-0.05, 0) is 12.1 Å². The van der Waals surface area contributed by atoms with Crippen molar-refractivity contribution in [1.29, 1.82) is 0 Å². The van der Waals surface area contributed by atoms with Gasteiger partial charge in [0.2, 0.25) is 5.91 Å². The maximum Gasteiger partial charge on any atom is 0.230 e. The topological polar surface area (TPSA) is 59.5 Å². The highest BCUT2D eigenvalue weighted by Crippen LogP contribution is 2.28. The zero-order chi connectivity index (χ0) is 12.4. The van der Waals surface area contributed by atoms with Crippen molar-refractivity contribution in [3.63, 3.8) is 0 Å². The first-order valence-corrected chi connectivity index (χ1v) is 5.59. The smallest absolute Gasteiger partial charge is 0.230 e. The number of nitrogens with zero attached hydrogens (tertiary/aromatic N) is 1. The third-order valence-corrected chi connectivity index (χ3v) is 2.93. The summed E-state index contributed by atoms with van der Waals surface area (Å²) in [5.74, 6) is -0.187. The van der Waals surface area contributed by atoms with Crippen molar-refractivity contribution in [2.45, 2.75) is 6.92 Å². The van der Waals surface area contributed by atoms with E-state index >= 15 is 0 Å². The molecule has 1 aromatic carbocycles. The van der Waals surface area contributed by atoms with Gasteiger partial charge in [0.05, 0.1) is 5.69 Å². The Labute approximate surface area is 100.0 Å². The van der Waals surface area contributed by atoms with Crippen molar-refractivity contribution in [3.05, 3.63) is 30.5 Å². The Morgan fingerprint density at radius 2 is 2.18 bits per heavy atom. The van der Waals surface area contributed by atoms with Crippen LogP contribution < -0.4 is 10.6 Å². The van der Waals surface area contributed by atoms with Gasteiger partial charge in [0.15, 0.2) is 0 Å². The minimum absolute atomic E-state index is 0.000877. The molecule has 1 amide bonds. The number of anilines is 1. The Morgan fingerprint density at radius 3 is 2.88 bits per heavy atom. The van der Waals surface area contributed by atoms with Crippen LogP contribution in [0.5, 0.6) is 0 Å². The van der Waals surface area contributed by atoms with Gasteiger partial charge in [0.25, 0.3) is 0 Å². The van der Waals surface area contributed by atoms with Gasteiger partial charge in [-0.3, -0.25) is 4.79 Å². The van der Waals surface area contributed by atoms with E-state index < -0.39 is 0 Å². The van der Waals surface area contributed by atoms with E-state index in [4.69, 9.17) is 10.2 Å². The minimum atomic E-state index is -0.186. The molecule has 2 N–H and O–H groups in total. The van der Waals surface area contributed by atoms with Crippen LogP contribution in [0.2, 0.25) is 0 Å². The van der Waals surface area contributed by atoms with Gasteiger partial charge in [-0.2, -0.15) is 0 Å². The molecule has 90 valence electrons. The third kappa shape index (κ3) is 2.03. The fraction of sp³-hybridized carbons (Fsp3) is 0.308. The quantitative estimate of drug-likeness (QED) is 0.880. The summed E-state index contributed by atoms with van der Waals surface area (Å²) in [7, 11) is 1.74. The third-order valence-electron chi connectivity index (χ3n) is 2.93. The van der Waals surface area contributed by atoms with Gasteiger partial charge in [0.1, 0.15) is 11.8 Å². The first-order valence-electron chi connectivity index (χ1n) is 5.59. The summed E-state index contributed by atoms with van der Waals surface area (Å²) in [5.41, 5.74) is 7.07. The molecule has 1 unspecified atom stereocenters. The van der Waals surface area contributed by atoms with Crippen molar-refractivity contribution in [2.75, 3.05) is 18.5 Å². The van der Waals surface area contributed by atoms with Gasteiger partial charge >= 0.3 is 0 Å². The van der Waals surface area contributed by atoms with Crippen LogP contribution in [-0.2, 0) is 4.79 Å². The SMILES string of the molecule is CC(CN)C(=O)N(C)c1coc2ccccc12. The highest BCUT2D eigenvalue weighted by molar-refractivity contribution is 6.02. The van der Waals surface area contributed by atoms with Crippen molar-refractivity contribution >= 4 is 22.6 Å². The van der Waals surface area contributed by atoms with E-state index in [0.29, 0.717) is 6.54 Å². The van der Waals surface area contributed by atoms with E-state index in [2.05, 4.69) is 0 Å². The van der Waals surface area contributed by atoms with Crippen molar-refractivity contribution in [2.24, 2.45) is 11.7 Å². The number of para-hydroxylation sites is 1. The molecule has 0 spiro atoms. The Morgan fingerprint density at radius 1 is 1.47 bits per heavy atom. The number of carbonyl (C=O) groups excluding carboxylic acids is 1. The lowest BCUT2D eigenvalue weighted by atomic mass is 10.1. The van der Waals surface area contributed by atoms with Crippen molar-refractivity contribution in [3.8, 4) is 0 Å². The molecule has 1 heterocycles. The van der Waals surface area contributed by atoms with E-state index in [1.807, 2.05) is 31.2 Å². The van der Waals surface area contributed by atoms with Crippen LogP contribution in [0.15, 0.2) is 34.9 Å². The summed E-state index contributed by atoms with van der Waals surface area (Å²) >= 11 is 0. The van der Waals surface area contributed by atoms with Gasteiger partial charge in [-0.25, -0.2) is 0 Å². The summed E-state index contributed by atoms with van der Waals surface area (Å²) in [6.45, 7) is 2.17. The molecular formula is C13H16N2O2. The molecule has 0 radical (unpaired) electrons.